The van der Waals surface area contributed by atoms with E-state index in [1.165, 1.54) is 11.1 Å². The van der Waals surface area contributed by atoms with Gasteiger partial charge in [-0.15, -0.1) is 0 Å². The fourth-order valence-electron chi connectivity index (χ4n) is 2.18. The summed E-state index contributed by atoms with van der Waals surface area (Å²) in [4.78, 5) is 0. The summed E-state index contributed by atoms with van der Waals surface area (Å²) in [5.74, 6) is 0.629. The summed E-state index contributed by atoms with van der Waals surface area (Å²) in [6.45, 7) is 3.60. The van der Waals surface area contributed by atoms with Crippen LogP contribution in [-0.4, -0.2) is 41.9 Å². The molecule has 1 heterocycles. The minimum absolute atomic E-state index is 0.102. The molecular weight excluding hydrogens is 246 g/mol. The zero-order valence-electron chi connectivity index (χ0n) is 11.0. The van der Waals surface area contributed by atoms with Crippen molar-refractivity contribution in [1.29, 1.82) is 0 Å². The van der Waals surface area contributed by atoms with Gasteiger partial charge < -0.3 is 14.6 Å². The van der Waals surface area contributed by atoms with Crippen LogP contribution < -0.4 is 5.32 Å². The quantitative estimate of drug-likeness (QED) is 0.836. The van der Waals surface area contributed by atoms with Crippen LogP contribution >= 0.6 is 0 Å². The molecule has 1 aliphatic heterocycles. The standard InChI is InChI=1S/C14H21NO2S/c1-11-3-5-12(6-4-11)7-13-9-17-14(8-15-13)10-18(2)16/h3-6,13-15H,7-10H2,1-2H3. The van der Waals surface area contributed by atoms with Crippen molar-refractivity contribution in [3.63, 3.8) is 0 Å². The van der Waals surface area contributed by atoms with Crippen molar-refractivity contribution < 1.29 is 9.29 Å². The highest BCUT2D eigenvalue weighted by molar-refractivity contribution is 7.90. The molecule has 0 saturated carbocycles. The SMILES string of the molecule is Cc1ccc(CC2COC(C[S+](C)[O-])CN2)cc1. The molecule has 0 bridgehead atoms. The smallest absolute Gasteiger partial charge is 0.132 e. The number of benzene rings is 1. The number of nitrogens with one attached hydrogen (secondary N) is 1. The largest absolute Gasteiger partial charge is 0.616 e. The Hall–Kier alpha value is -0.550. The van der Waals surface area contributed by atoms with Gasteiger partial charge in [0, 0.05) is 12.6 Å². The number of aryl methyl sites for hydroxylation is 1. The zero-order chi connectivity index (χ0) is 13.0. The van der Waals surface area contributed by atoms with Gasteiger partial charge in [-0.2, -0.15) is 0 Å². The van der Waals surface area contributed by atoms with E-state index in [2.05, 4.69) is 36.5 Å². The summed E-state index contributed by atoms with van der Waals surface area (Å²) >= 11 is -0.780. The van der Waals surface area contributed by atoms with E-state index < -0.39 is 11.2 Å². The fourth-order valence-corrected chi connectivity index (χ4v) is 2.91. The minimum Gasteiger partial charge on any atom is -0.616 e. The van der Waals surface area contributed by atoms with Crippen molar-refractivity contribution in [2.24, 2.45) is 0 Å². The Morgan fingerprint density at radius 1 is 1.39 bits per heavy atom. The molecule has 100 valence electrons. The van der Waals surface area contributed by atoms with Gasteiger partial charge in [0.25, 0.3) is 0 Å². The maximum atomic E-state index is 11.1. The molecular formula is C14H21NO2S. The first-order valence-corrected chi connectivity index (χ1v) is 8.07. The third-order valence-electron chi connectivity index (χ3n) is 3.19. The van der Waals surface area contributed by atoms with Crippen LogP contribution in [0.2, 0.25) is 0 Å². The first-order valence-electron chi connectivity index (χ1n) is 6.34. The summed E-state index contributed by atoms with van der Waals surface area (Å²) < 4.78 is 16.9. The number of rotatable bonds is 4. The molecule has 0 spiro atoms. The maximum absolute atomic E-state index is 11.1. The van der Waals surface area contributed by atoms with Crippen molar-refractivity contribution in [3.8, 4) is 0 Å². The molecule has 1 saturated heterocycles. The van der Waals surface area contributed by atoms with E-state index in [1.54, 1.807) is 6.26 Å². The summed E-state index contributed by atoms with van der Waals surface area (Å²) in [6, 6.07) is 8.99. The van der Waals surface area contributed by atoms with E-state index in [1.807, 2.05) is 0 Å². The lowest BCUT2D eigenvalue weighted by atomic mass is 10.0. The van der Waals surface area contributed by atoms with Gasteiger partial charge in [0.1, 0.15) is 11.9 Å². The van der Waals surface area contributed by atoms with Gasteiger partial charge >= 0.3 is 0 Å². The first-order chi connectivity index (χ1) is 8.63. The highest BCUT2D eigenvalue weighted by atomic mass is 32.2. The van der Waals surface area contributed by atoms with E-state index in [0.29, 0.717) is 18.4 Å². The Morgan fingerprint density at radius 2 is 2.11 bits per heavy atom. The molecule has 1 aliphatic rings. The van der Waals surface area contributed by atoms with Crippen LogP contribution in [0.1, 0.15) is 11.1 Å². The van der Waals surface area contributed by atoms with Gasteiger partial charge in [-0.3, -0.25) is 0 Å². The molecule has 2 rings (SSSR count). The maximum Gasteiger partial charge on any atom is 0.132 e. The molecule has 4 heteroatoms. The normalized spacial score (nSPS) is 25.9. The lowest BCUT2D eigenvalue weighted by molar-refractivity contribution is 0.0174. The number of morpholine rings is 1. The Labute approximate surface area is 112 Å². The number of hydrogen-bond donors (Lipinski definition) is 1. The van der Waals surface area contributed by atoms with Crippen molar-refractivity contribution in [3.05, 3.63) is 35.4 Å². The predicted octanol–water partition coefficient (Wildman–Crippen LogP) is 1.27. The second-order valence-electron chi connectivity index (χ2n) is 4.99. The van der Waals surface area contributed by atoms with Gasteiger partial charge in [0.2, 0.25) is 0 Å². The number of ether oxygens (including phenoxy) is 1. The molecule has 1 fully saturated rings. The second kappa shape index (κ2) is 6.57. The predicted molar refractivity (Wildman–Crippen MR) is 75.3 cm³/mol. The van der Waals surface area contributed by atoms with Crippen LogP contribution in [0.4, 0.5) is 0 Å². The second-order valence-corrected chi connectivity index (χ2v) is 6.47. The monoisotopic (exact) mass is 267 g/mol. The average molecular weight is 267 g/mol. The van der Waals surface area contributed by atoms with Crippen LogP contribution in [0.25, 0.3) is 0 Å². The van der Waals surface area contributed by atoms with Gasteiger partial charge in [0.15, 0.2) is 0 Å². The van der Waals surface area contributed by atoms with Crippen LogP contribution in [0.15, 0.2) is 24.3 Å². The van der Waals surface area contributed by atoms with Crippen molar-refractivity contribution in [1.82, 2.24) is 5.32 Å². The molecule has 0 aromatic heterocycles. The van der Waals surface area contributed by atoms with E-state index in [9.17, 15) is 4.55 Å². The van der Waals surface area contributed by atoms with Gasteiger partial charge in [0.05, 0.1) is 12.9 Å². The Bertz CT molecular complexity index is 359. The molecule has 1 aromatic rings. The first kappa shape index (κ1) is 13.9. The molecule has 3 nitrogen and oxygen atoms in total. The number of hydrogen-bond acceptors (Lipinski definition) is 3. The third kappa shape index (κ3) is 4.28. The zero-order valence-corrected chi connectivity index (χ0v) is 11.8. The summed E-state index contributed by atoms with van der Waals surface area (Å²) in [5, 5.41) is 3.48. The Kier molecular flexibility index (Phi) is 5.06. The minimum atomic E-state index is -0.780. The fraction of sp³-hybridized carbons (Fsp3) is 0.571. The van der Waals surface area contributed by atoms with Crippen LogP contribution in [0, 0.1) is 6.92 Å². The molecule has 1 N–H and O–H groups in total. The highest BCUT2D eigenvalue weighted by Crippen LogP contribution is 2.10. The summed E-state index contributed by atoms with van der Waals surface area (Å²) in [7, 11) is 0. The Morgan fingerprint density at radius 3 is 2.67 bits per heavy atom. The Balaban J connectivity index is 1.78. The van der Waals surface area contributed by atoms with E-state index in [-0.39, 0.29) is 6.10 Å². The molecule has 0 aliphatic carbocycles. The van der Waals surface area contributed by atoms with Crippen molar-refractivity contribution in [2.45, 2.75) is 25.5 Å². The van der Waals surface area contributed by atoms with Crippen molar-refractivity contribution >= 4 is 11.2 Å². The highest BCUT2D eigenvalue weighted by Gasteiger charge is 2.23. The molecule has 1 aromatic carbocycles. The lowest BCUT2D eigenvalue weighted by Gasteiger charge is -2.30. The van der Waals surface area contributed by atoms with E-state index in [4.69, 9.17) is 4.74 Å². The molecule has 0 amide bonds. The van der Waals surface area contributed by atoms with Crippen molar-refractivity contribution in [2.75, 3.05) is 25.2 Å². The van der Waals surface area contributed by atoms with Crippen LogP contribution in [-0.2, 0) is 22.3 Å². The van der Waals surface area contributed by atoms with E-state index in [0.717, 1.165) is 13.0 Å². The van der Waals surface area contributed by atoms with Gasteiger partial charge in [-0.25, -0.2) is 0 Å². The summed E-state index contributed by atoms with van der Waals surface area (Å²) in [6.07, 6.45) is 2.81. The van der Waals surface area contributed by atoms with E-state index >= 15 is 0 Å². The topological polar surface area (TPSA) is 44.3 Å². The summed E-state index contributed by atoms with van der Waals surface area (Å²) in [5.41, 5.74) is 2.62. The average Bonchev–Trinajstić information content (AvgIpc) is 2.34. The molecule has 3 unspecified atom stereocenters. The third-order valence-corrected chi connectivity index (χ3v) is 4.03. The van der Waals surface area contributed by atoms with Gasteiger partial charge in [-0.1, -0.05) is 41.0 Å². The molecule has 18 heavy (non-hydrogen) atoms. The van der Waals surface area contributed by atoms with Crippen LogP contribution in [0.5, 0.6) is 0 Å². The van der Waals surface area contributed by atoms with Crippen LogP contribution in [0.3, 0.4) is 0 Å². The molecule has 0 radical (unpaired) electrons. The van der Waals surface area contributed by atoms with Gasteiger partial charge in [-0.05, 0) is 18.9 Å². The lowest BCUT2D eigenvalue weighted by Crippen LogP contribution is -2.49. The molecule has 3 atom stereocenters.